The number of hydrogen-bond donors (Lipinski definition) is 0. The normalized spacial score (nSPS) is 18.0. The molecule has 2 radical (unpaired) electrons. The quantitative estimate of drug-likeness (QED) is 0.186. The Morgan fingerprint density at radius 1 is 1.05 bits per heavy atom. The maximum Gasteiger partial charge on any atom is 0.410 e. The fourth-order valence-electron chi connectivity index (χ4n) is 5.13. The van der Waals surface area contributed by atoms with Crippen LogP contribution in [0, 0.1) is 11.8 Å². The second-order valence-corrected chi connectivity index (χ2v) is 16.1. The van der Waals surface area contributed by atoms with Crippen LogP contribution in [-0.4, -0.2) is 88.8 Å². The first-order valence-corrected chi connectivity index (χ1v) is 16.3. The standard InChI is InChI=1S/C33H56N2O6Si/c1-13-24-15-16-25(19-28(24)39-18-14-17-38-12)29(36)35(23(2)3)21-26-20-34(30(37)40-31(4,5)6)22-27(26)33(10,11)41-42-32(7,8)9/h15-16,19,23,26-27H,13-14,17-18,20-22H2,1-12H3/t26-,27+/m0/s1. The van der Waals surface area contributed by atoms with E-state index < -0.39 is 11.2 Å². The van der Waals surface area contributed by atoms with Crippen LogP contribution in [0.25, 0.3) is 0 Å². The lowest BCUT2D eigenvalue weighted by Gasteiger charge is -2.39. The van der Waals surface area contributed by atoms with Crippen molar-refractivity contribution in [1.29, 1.82) is 0 Å². The van der Waals surface area contributed by atoms with E-state index in [-0.39, 0.29) is 34.9 Å². The molecule has 0 unspecified atom stereocenters. The van der Waals surface area contributed by atoms with Gasteiger partial charge in [-0.2, -0.15) is 0 Å². The molecule has 42 heavy (non-hydrogen) atoms. The molecule has 1 aromatic carbocycles. The molecule has 238 valence electrons. The summed E-state index contributed by atoms with van der Waals surface area (Å²) in [7, 11) is 1.99. The van der Waals surface area contributed by atoms with Gasteiger partial charge in [0.05, 0.1) is 12.2 Å². The van der Waals surface area contributed by atoms with E-state index in [2.05, 4.69) is 41.5 Å². The van der Waals surface area contributed by atoms with Crippen LogP contribution in [0.3, 0.4) is 0 Å². The highest BCUT2D eigenvalue weighted by atomic mass is 28.2. The number of hydrogen-bond acceptors (Lipinski definition) is 6. The third kappa shape index (κ3) is 10.9. The lowest BCUT2D eigenvalue weighted by Crippen LogP contribution is -2.47. The molecule has 0 N–H and O–H groups in total. The first-order chi connectivity index (χ1) is 19.4. The number of carbonyl (C=O) groups is 2. The Morgan fingerprint density at radius 2 is 1.71 bits per heavy atom. The number of aryl methyl sites for hydroxylation is 1. The van der Waals surface area contributed by atoms with Crippen molar-refractivity contribution in [3.05, 3.63) is 29.3 Å². The summed E-state index contributed by atoms with van der Waals surface area (Å²) >= 11 is 0. The molecule has 0 bridgehead atoms. The van der Waals surface area contributed by atoms with Crippen LogP contribution in [0.4, 0.5) is 4.79 Å². The van der Waals surface area contributed by atoms with Gasteiger partial charge in [0.25, 0.3) is 5.91 Å². The fourth-order valence-corrected chi connectivity index (χ4v) is 5.85. The monoisotopic (exact) mass is 604 g/mol. The zero-order valence-electron chi connectivity index (χ0n) is 28.3. The molecule has 8 nitrogen and oxygen atoms in total. The Bertz CT molecular complexity index is 1030. The largest absolute Gasteiger partial charge is 0.493 e. The highest BCUT2D eigenvalue weighted by molar-refractivity contribution is 6.31. The van der Waals surface area contributed by atoms with E-state index in [4.69, 9.17) is 18.6 Å². The van der Waals surface area contributed by atoms with Crippen molar-refractivity contribution in [3.63, 3.8) is 0 Å². The number of amides is 2. The van der Waals surface area contributed by atoms with Gasteiger partial charge in [-0.05, 0) is 77.6 Å². The number of benzene rings is 1. The molecule has 0 aliphatic carbocycles. The van der Waals surface area contributed by atoms with Gasteiger partial charge >= 0.3 is 6.09 Å². The number of nitrogens with zero attached hydrogens (tertiary/aromatic N) is 2. The second kappa shape index (κ2) is 15.1. The SMILES string of the molecule is CCc1ccc(C(=O)N(C[C@@H]2CN(C(=O)OC(C)(C)C)C[C@H]2C(C)(C)O[Si]C(C)(C)C)C(C)C)cc1OCCCOC. The highest BCUT2D eigenvalue weighted by Crippen LogP contribution is 2.38. The Morgan fingerprint density at radius 3 is 2.26 bits per heavy atom. The van der Waals surface area contributed by atoms with Crippen LogP contribution in [0.1, 0.15) is 98.5 Å². The second-order valence-electron chi connectivity index (χ2n) is 14.2. The molecule has 0 aromatic heterocycles. The number of methoxy groups -OCH3 is 1. The Labute approximate surface area is 257 Å². The zero-order valence-corrected chi connectivity index (χ0v) is 29.3. The minimum absolute atomic E-state index is 0.0170. The predicted octanol–water partition coefficient (Wildman–Crippen LogP) is 6.63. The molecule has 2 amide bonds. The third-order valence-corrected chi connectivity index (χ3v) is 8.61. The van der Waals surface area contributed by atoms with Crippen LogP contribution in [0.15, 0.2) is 18.2 Å². The lowest BCUT2D eigenvalue weighted by atomic mass is 9.82. The van der Waals surface area contributed by atoms with E-state index in [0.717, 1.165) is 24.2 Å². The smallest absolute Gasteiger partial charge is 0.410 e. The summed E-state index contributed by atoms with van der Waals surface area (Å²) in [6, 6.07) is 5.73. The van der Waals surface area contributed by atoms with Crippen LogP contribution in [0.5, 0.6) is 5.75 Å². The molecule has 1 saturated heterocycles. The average molecular weight is 605 g/mol. The number of rotatable bonds is 13. The zero-order chi connectivity index (χ0) is 31.9. The number of likely N-dealkylation sites (tertiary alicyclic amines) is 1. The predicted molar refractivity (Wildman–Crippen MR) is 169 cm³/mol. The maximum atomic E-state index is 14.0. The highest BCUT2D eigenvalue weighted by Gasteiger charge is 2.46. The van der Waals surface area contributed by atoms with E-state index in [1.807, 2.05) is 57.7 Å². The molecule has 9 heteroatoms. The maximum absolute atomic E-state index is 14.0. The summed E-state index contributed by atoms with van der Waals surface area (Å²) < 4.78 is 23.5. The van der Waals surface area contributed by atoms with Crippen molar-refractivity contribution in [2.24, 2.45) is 11.8 Å². The van der Waals surface area contributed by atoms with E-state index in [1.165, 1.54) is 0 Å². The molecule has 1 aliphatic rings. The van der Waals surface area contributed by atoms with Crippen molar-refractivity contribution >= 4 is 21.8 Å². The lowest BCUT2D eigenvalue weighted by molar-refractivity contribution is 0.0139. The fraction of sp³-hybridized carbons (Fsp3) is 0.758. The number of carbonyl (C=O) groups excluding carboxylic acids is 2. The van der Waals surface area contributed by atoms with Crippen molar-refractivity contribution < 1.29 is 28.2 Å². The summed E-state index contributed by atoms with van der Waals surface area (Å²) in [4.78, 5) is 30.9. The van der Waals surface area contributed by atoms with Gasteiger partial charge in [0.15, 0.2) is 0 Å². The van der Waals surface area contributed by atoms with Gasteiger partial charge in [0, 0.05) is 63.2 Å². The van der Waals surface area contributed by atoms with Crippen molar-refractivity contribution in [2.45, 2.75) is 111 Å². The van der Waals surface area contributed by atoms with E-state index in [9.17, 15) is 9.59 Å². The summed E-state index contributed by atoms with van der Waals surface area (Å²) in [6.07, 6.45) is 1.27. The van der Waals surface area contributed by atoms with Crippen LogP contribution >= 0.6 is 0 Å². The molecule has 2 rings (SSSR count). The minimum Gasteiger partial charge on any atom is -0.493 e. The first kappa shape index (κ1) is 36.1. The molecule has 1 aliphatic heterocycles. The van der Waals surface area contributed by atoms with Crippen molar-refractivity contribution in [2.75, 3.05) is 40.0 Å². The molecule has 1 heterocycles. The van der Waals surface area contributed by atoms with E-state index in [0.29, 0.717) is 48.2 Å². The van der Waals surface area contributed by atoms with Crippen LogP contribution in [0.2, 0.25) is 5.04 Å². The summed E-state index contributed by atoms with van der Waals surface area (Å²) in [5.74, 6) is 0.745. The molecule has 2 atom stereocenters. The van der Waals surface area contributed by atoms with Crippen molar-refractivity contribution in [3.8, 4) is 5.75 Å². The molecule has 1 fully saturated rings. The summed E-state index contributed by atoms with van der Waals surface area (Å²) in [6.45, 7) is 25.2. The molecular weight excluding hydrogens is 548 g/mol. The van der Waals surface area contributed by atoms with Crippen LogP contribution < -0.4 is 4.74 Å². The molecule has 0 saturated carbocycles. The van der Waals surface area contributed by atoms with E-state index >= 15 is 0 Å². The Hall–Kier alpha value is -2.10. The topological polar surface area (TPSA) is 77.5 Å². The Balaban J connectivity index is 2.35. The van der Waals surface area contributed by atoms with E-state index in [1.54, 1.807) is 12.0 Å². The summed E-state index contributed by atoms with van der Waals surface area (Å²) in [5, 5.41) is 0.0319. The van der Waals surface area contributed by atoms with Gasteiger partial charge in [-0.1, -0.05) is 33.8 Å². The first-order valence-electron chi connectivity index (χ1n) is 15.4. The van der Waals surface area contributed by atoms with Gasteiger partial charge in [-0.15, -0.1) is 0 Å². The minimum atomic E-state index is -0.585. The van der Waals surface area contributed by atoms with Crippen molar-refractivity contribution in [1.82, 2.24) is 9.80 Å². The van der Waals surface area contributed by atoms with Gasteiger partial charge in [0.2, 0.25) is 9.76 Å². The van der Waals surface area contributed by atoms with Gasteiger partial charge in [-0.25, -0.2) is 4.79 Å². The number of ether oxygens (including phenoxy) is 3. The van der Waals surface area contributed by atoms with Crippen LogP contribution in [-0.2, 0) is 20.3 Å². The Kier molecular flexibility index (Phi) is 12.9. The molecular formula is C33H56N2O6Si. The van der Waals surface area contributed by atoms with Gasteiger partial charge < -0.3 is 28.4 Å². The molecule has 0 spiro atoms. The third-order valence-electron chi connectivity index (χ3n) is 7.37. The molecule has 1 aromatic rings. The van der Waals surface area contributed by atoms with Gasteiger partial charge in [-0.3, -0.25) is 4.79 Å². The van der Waals surface area contributed by atoms with Gasteiger partial charge in [0.1, 0.15) is 11.4 Å². The average Bonchev–Trinajstić information content (AvgIpc) is 3.32. The summed E-state index contributed by atoms with van der Waals surface area (Å²) in [5.41, 5.74) is 0.594.